The molecular formula is C10H15ClN4O. The molecule has 0 saturated heterocycles. The summed E-state index contributed by atoms with van der Waals surface area (Å²) in [5, 5.41) is 3.35. The number of aromatic nitrogens is 1. The quantitative estimate of drug-likeness (QED) is 0.734. The molecule has 0 bridgehead atoms. The van der Waals surface area contributed by atoms with Crippen molar-refractivity contribution >= 4 is 23.3 Å². The standard InChI is InChI=1S/C10H15ClN4O/c1-10(2,13)5-15-9-7(11)3-6(4-14-9)8(12)16/h3-4H,5,13H2,1-2H3,(H2,12,16)(H,14,15). The Bertz CT molecular complexity index is 400. The zero-order chi connectivity index (χ0) is 12.3. The zero-order valence-electron chi connectivity index (χ0n) is 9.25. The number of rotatable bonds is 4. The SMILES string of the molecule is CC(C)(N)CNc1ncc(C(N)=O)cc1Cl. The van der Waals surface area contributed by atoms with E-state index in [9.17, 15) is 4.79 Å². The molecule has 1 amide bonds. The Hall–Kier alpha value is -1.33. The predicted molar refractivity (Wildman–Crippen MR) is 64.5 cm³/mol. The van der Waals surface area contributed by atoms with Crippen molar-refractivity contribution in [1.29, 1.82) is 0 Å². The number of nitrogens with one attached hydrogen (secondary N) is 1. The molecule has 1 rings (SSSR count). The van der Waals surface area contributed by atoms with Gasteiger partial charge in [-0.3, -0.25) is 4.79 Å². The Morgan fingerprint density at radius 1 is 1.62 bits per heavy atom. The van der Waals surface area contributed by atoms with Crippen LogP contribution in [0.25, 0.3) is 0 Å². The Balaban J connectivity index is 2.80. The number of nitrogens with two attached hydrogens (primary N) is 2. The smallest absolute Gasteiger partial charge is 0.250 e. The van der Waals surface area contributed by atoms with E-state index in [1.807, 2.05) is 13.8 Å². The van der Waals surface area contributed by atoms with Gasteiger partial charge in [0.25, 0.3) is 0 Å². The number of carbonyl (C=O) groups is 1. The van der Waals surface area contributed by atoms with Crippen LogP contribution in [0.5, 0.6) is 0 Å². The van der Waals surface area contributed by atoms with Gasteiger partial charge in [-0.15, -0.1) is 0 Å². The summed E-state index contributed by atoms with van der Waals surface area (Å²) in [5.41, 5.74) is 10.8. The van der Waals surface area contributed by atoms with E-state index < -0.39 is 5.91 Å². The Morgan fingerprint density at radius 3 is 2.69 bits per heavy atom. The van der Waals surface area contributed by atoms with Crippen LogP contribution in [0.4, 0.5) is 5.82 Å². The summed E-state index contributed by atoms with van der Waals surface area (Å²) < 4.78 is 0. The van der Waals surface area contributed by atoms with E-state index in [2.05, 4.69) is 10.3 Å². The van der Waals surface area contributed by atoms with Gasteiger partial charge >= 0.3 is 0 Å². The van der Waals surface area contributed by atoms with Crippen LogP contribution in [0, 0.1) is 0 Å². The number of amides is 1. The first-order chi connectivity index (χ1) is 7.29. The highest BCUT2D eigenvalue weighted by molar-refractivity contribution is 6.33. The molecule has 5 nitrogen and oxygen atoms in total. The molecule has 0 aliphatic heterocycles. The highest BCUT2D eigenvalue weighted by Gasteiger charge is 2.12. The van der Waals surface area contributed by atoms with Crippen molar-refractivity contribution < 1.29 is 4.79 Å². The lowest BCUT2D eigenvalue weighted by Gasteiger charge is -2.19. The van der Waals surface area contributed by atoms with Gasteiger partial charge in [-0.25, -0.2) is 4.98 Å². The van der Waals surface area contributed by atoms with Crippen LogP contribution < -0.4 is 16.8 Å². The summed E-state index contributed by atoms with van der Waals surface area (Å²) in [6.07, 6.45) is 1.38. The van der Waals surface area contributed by atoms with E-state index >= 15 is 0 Å². The highest BCUT2D eigenvalue weighted by atomic mass is 35.5. The van der Waals surface area contributed by atoms with Crippen molar-refractivity contribution in [2.75, 3.05) is 11.9 Å². The van der Waals surface area contributed by atoms with Crippen molar-refractivity contribution in [3.05, 3.63) is 22.8 Å². The largest absolute Gasteiger partial charge is 0.367 e. The molecule has 1 aromatic rings. The molecule has 0 unspecified atom stereocenters. The number of nitrogens with zero attached hydrogens (tertiary/aromatic N) is 1. The molecule has 1 aromatic heterocycles. The molecule has 0 aromatic carbocycles. The van der Waals surface area contributed by atoms with E-state index in [4.69, 9.17) is 23.1 Å². The van der Waals surface area contributed by atoms with Crippen molar-refractivity contribution in [2.24, 2.45) is 11.5 Å². The summed E-state index contributed by atoms with van der Waals surface area (Å²) >= 11 is 5.93. The minimum atomic E-state index is -0.555. The minimum absolute atomic E-state index is 0.280. The molecule has 0 saturated carbocycles. The monoisotopic (exact) mass is 242 g/mol. The summed E-state index contributed by atoms with van der Waals surface area (Å²) in [6.45, 7) is 4.28. The lowest BCUT2D eigenvalue weighted by Crippen LogP contribution is -2.39. The number of pyridine rings is 1. The summed E-state index contributed by atoms with van der Waals surface area (Å²) in [7, 11) is 0. The first-order valence-corrected chi connectivity index (χ1v) is 5.15. The number of hydrogen-bond donors (Lipinski definition) is 3. The van der Waals surface area contributed by atoms with E-state index in [0.29, 0.717) is 17.4 Å². The van der Waals surface area contributed by atoms with Crippen LogP contribution in [0.1, 0.15) is 24.2 Å². The molecule has 0 aliphatic carbocycles. The van der Waals surface area contributed by atoms with Crippen LogP contribution in [-0.2, 0) is 0 Å². The fraction of sp³-hybridized carbons (Fsp3) is 0.400. The van der Waals surface area contributed by atoms with E-state index in [0.717, 1.165) is 0 Å². The number of halogens is 1. The lowest BCUT2D eigenvalue weighted by molar-refractivity contribution is 0.1000. The second-order valence-electron chi connectivity index (χ2n) is 4.26. The molecule has 88 valence electrons. The molecule has 0 aliphatic rings. The maximum atomic E-state index is 10.9. The van der Waals surface area contributed by atoms with Crippen molar-refractivity contribution in [1.82, 2.24) is 4.98 Å². The number of primary amides is 1. The van der Waals surface area contributed by atoms with Crippen molar-refractivity contribution in [2.45, 2.75) is 19.4 Å². The van der Waals surface area contributed by atoms with Crippen LogP contribution in [-0.4, -0.2) is 23.0 Å². The third-order valence-electron chi connectivity index (χ3n) is 1.84. The van der Waals surface area contributed by atoms with Crippen LogP contribution in [0.15, 0.2) is 12.3 Å². The van der Waals surface area contributed by atoms with Gasteiger partial charge in [-0.05, 0) is 19.9 Å². The molecule has 16 heavy (non-hydrogen) atoms. The summed E-state index contributed by atoms with van der Waals surface area (Å²) in [5.74, 6) is -0.0645. The molecule has 6 heteroatoms. The molecule has 0 atom stereocenters. The van der Waals surface area contributed by atoms with E-state index in [1.54, 1.807) is 0 Å². The first kappa shape index (κ1) is 12.7. The minimum Gasteiger partial charge on any atom is -0.367 e. The normalized spacial score (nSPS) is 11.2. The third kappa shape index (κ3) is 3.67. The number of carbonyl (C=O) groups excluding carboxylic acids is 1. The molecule has 1 heterocycles. The maximum absolute atomic E-state index is 10.9. The second kappa shape index (κ2) is 4.67. The van der Waals surface area contributed by atoms with Crippen LogP contribution in [0.3, 0.4) is 0 Å². The first-order valence-electron chi connectivity index (χ1n) is 4.78. The topological polar surface area (TPSA) is 94.0 Å². The van der Waals surface area contributed by atoms with Crippen LogP contribution >= 0.6 is 11.6 Å². The fourth-order valence-electron chi connectivity index (χ4n) is 1.01. The van der Waals surface area contributed by atoms with Gasteiger partial charge in [0.2, 0.25) is 5.91 Å². The predicted octanol–water partition coefficient (Wildman–Crippen LogP) is 0.983. The Kier molecular flexibility index (Phi) is 3.72. The van der Waals surface area contributed by atoms with Gasteiger partial charge in [0.05, 0.1) is 10.6 Å². The van der Waals surface area contributed by atoms with Gasteiger partial charge in [0.15, 0.2) is 0 Å². The molecule has 0 spiro atoms. The second-order valence-corrected chi connectivity index (χ2v) is 4.67. The van der Waals surface area contributed by atoms with Gasteiger partial charge in [-0.2, -0.15) is 0 Å². The maximum Gasteiger partial charge on any atom is 0.250 e. The molecular weight excluding hydrogens is 228 g/mol. The Morgan fingerprint density at radius 2 is 2.25 bits per heavy atom. The Labute approximate surface area is 99.2 Å². The third-order valence-corrected chi connectivity index (χ3v) is 2.13. The van der Waals surface area contributed by atoms with Gasteiger partial charge in [-0.1, -0.05) is 11.6 Å². The van der Waals surface area contributed by atoms with Gasteiger partial charge in [0, 0.05) is 18.3 Å². The average Bonchev–Trinajstić information content (AvgIpc) is 2.14. The highest BCUT2D eigenvalue weighted by Crippen LogP contribution is 2.20. The average molecular weight is 243 g/mol. The number of anilines is 1. The molecule has 0 fully saturated rings. The van der Waals surface area contributed by atoms with Crippen LogP contribution in [0.2, 0.25) is 5.02 Å². The summed E-state index contributed by atoms with van der Waals surface area (Å²) in [4.78, 5) is 14.9. The zero-order valence-corrected chi connectivity index (χ0v) is 10.0. The van der Waals surface area contributed by atoms with E-state index in [1.165, 1.54) is 12.3 Å². The van der Waals surface area contributed by atoms with Gasteiger partial charge in [0.1, 0.15) is 5.82 Å². The van der Waals surface area contributed by atoms with E-state index in [-0.39, 0.29) is 11.1 Å². The number of hydrogen-bond acceptors (Lipinski definition) is 4. The lowest BCUT2D eigenvalue weighted by atomic mass is 10.1. The summed E-state index contributed by atoms with van der Waals surface area (Å²) in [6, 6.07) is 1.47. The van der Waals surface area contributed by atoms with Crippen molar-refractivity contribution in [3.8, 4) is 0 Å². The molecule has 0 radical (unpaired) electrons. The van der Waals surface area contributed by atoms with Crippen molar-refractivity contribution in [3.63, 3.8) is 0 Å². The van der Waals surface area contributed by atoms with Gasteiger partial charge < -0.3 is 16.8 Å². The molecule has 5 N–H and O–H groups in total. The fourth-order valence-corrected chi connectivity index (χ4v) is 1.25.